The molecule has 6 nitrogen and oxygen atoms in total. The summed E-state index contributed by atoms with van der Waals surface area (Å²) < 4.78 is 44.2. The lowest BCUT2D eigenvalue weighted by atomic mass is 9.85. The zero-order valence-corrected chi connectivity index (χ0v) is 17.1. The maximum absolute atomic E-state index is 12.7. The largest absolute Gasteiger partial charge is 0.490 e. The number of imidazole rings is 1. The minimum absolute atomic E-state index is 0.00578. The summed E-state index contributed by atoms with van der Waals surface area (Å²) in [6, 6.07) is 10.8. The fourth-order valence-corrected chi connectivity index (χ4v) is 4.00. The summed E-state index contributed by atoms with van der Waals surface area (Å²) in [6.07, 6.45) is 1.51. The topological polar surface area (TPSA) is 88.1 Å². The van der Waals surface area contributed by atoms with Crippen LogP contribution in [0.5, 0.6) is 5.75 Å². The Morgan fingerprint density at radius 2 is 1.88 bits per heavy atom. The molecule has 1 aromatic carbocycles. The van der Waals surface area contributed by atoms with E-state index in [2.05, 4.69) is 15.0 Å². The van der Waals surface area contributed by atoms with Crippen molar-refractivity contribution in [3.05, 3.63) is 54.5 Å². The molecule has 0 radical (unpaired) electrons. The predicted octanol–water partition coefficient (Wildman–Crippen LogP) is 5.57. The molecular formula is C23H22F3N3O3. The minimum Gasteiger partial charge on any atom is -0.490 e. The third-order valence-corrected chi connectivity index (χ3v) is 5.56. The molecule has 0 unspecified atom stereocenters. The normalized spacial score (nSPS) is 19.0. The highest BCUT2D eigenvalue weighted by atomic mass is 19.4. The molecule has 2 heterocycles. The van der Waals surface area contributed by atoms with Crippen LogP contribution in [-0.4, -0.2) is 32.1 Å². The number of rotatable bonds is 6. The zero-order valence-electron chi connectivity index (χ0n) is 17.1. The predicted molar refractivity (Wildman–Crippen MR) is 111 cm³/mol. The van der Waals surface area contributed by atoms with Crippen LogP contribution in [0.4, 0.5) is 13.2 Å². The minimum atomic E-state index is -4.50. The lowest BCUT2D eigenvalue weighted by Crippen LogP contribution is -2.26. The highest BCUT2D eigenvalue weighted by Gasteiger charge is 2.33. The zero-order chi connectivity index (χ0) is 22.7. The molecule has 32 heavy (non-hydrogen) atoms. The lowest BCUT2D eigenvalue weighted by Gasteiger charge is -2.28. The molecule has 1 saturated carbocycles. The highest BCUT2D eigenvalue weighted by Crippen LogP contribution is 2.32. The van der Waals surface area contributed by atoms with Crippen LogP contribution in [0.1, 0.15) is 37.8 Å². The summed E-state index contributed by atoms with van der Waals surface area (Å²) in [5.41, 5.74) is 0.991. The third-order valence-electron chi connectivity index (χ3n) is 5.56. The van der Waals surface area contributed by atoms with Crippen molar-refractivity contribution >= 4 is 5.97 Å². The Hall–Kier alpha value is -3.36. The van der Waals surface area contributed by atoms with E-state index in [1.165, 1.54) is 6.20 Å². The maximum atomic E-state index is 12.7. The Bertz CT molecular complexity index is 1060. The number of aliphatic carboxylic acids is 1. The number of hydrogen-bond acceptors (Lipinski definition) is 4. The number of carboxylic acids is 1. The molecule has 0 spiro atoms. The summed E-state index contributed by atoms with van der Waals surface area (Å²) in [5.74, 6) is 0.191. The molecule has 1 aliphatic carbocycles. The molecule has 1 fully saturated rings. The van der Waals surface area contributed by atoms with Gasteiger partial charge in [-0.1, -0.05) is 0 Å². The van der Waals surface area contributed by atoms with E-state index < -0.39 is 17.8 Å². The number of alkyl halides is 3. The number of carbonyl (C=O) groups is 1. The molecule has 2 N–H and O–H groups in total. The van der Waals surface area contributed by atoms with Gasteiger partial charge in [0.25, 0.3) is 0 Å². The summed E-state index contributed by atoms with van der Waals surface area (Å²) in [6.45, 7) is 0. The van der Waals surface area contributed by atoms with E-state index in [1.54, 1.807) is 12.1 Å². The van der Waals surface area contributed by atoms with Gasteiger partial charge in [-0.3, -0.25) is 9.78 Å². The summed E-state index contributed by atoms with van der Waals surface area (Å²) in [4.78, 5) is 21.4. The molecule has 2 aromatic heterocycles. The molecule has 3 aromatic rings. The first-order chi connectivity index (χ1) is 15.3. The van der Waals surface area contributed by atoms with Crippen molar-refractivity contribution in [3.8, 4) is 28.4 Å². The van der Waals surface area contributed by atoms with Gasteiger partial charge in [-0.05, 0) is 68.0 Å². The van der Waals surface area contributed by atoms with E-state index in [-0.39, 0.29) is 24.3 Å². The second-order valence-electron chi connectivity index (χ2n) is 7.96. The van der Waals surface area contributed by atoms with E-state index >= 15 is 0 Å². The summed E-state index contributed by atoms with van der Waals surface area (Å²) in [5, 5.41) is 9.00. The van der Waals surface area contributed by atoms with Crippen molar-refractivity contribution in [3.63, 3.8) is 0 Å². The van der Waals surface area contributed by atoms with Gasteiger partial charge in [0.1, 0.15) is 11.6 Å². The monoisotopic (exact) mass is 445 g/mol. The Kier molecular flexibility index (Phi) is 6.16. The number of ether oxygens (including phenoxy) is 1. The second kappa shape index (κ2) is 9.02. The van der Waals surface area contributed by atoms with Crippen LogP contribution >= 0.6 is 0 Å². The van der Waals surface area contributed by atoms with E-state index in [9.17, 15) is 18.0 Å². The van der Waals surface area contributed by atoms with E-state index in [0.29, 0.717) is 17.0 Å². The number of nitrogens with one attached hydrogen (secondary N) is 1. The van der Waals surface area contributed by atoms with Crippen molar-refractivity contribution in [1.29, 1.82) is 0 Å². The number of aromatic amines is 1. The van der Waals surface area contributed by atoms with Crippen LogP contribution in [0.3, 0.4) is 0 Å². The number of carboxylic acid groups (broad SMARTS) is 1. The number of nitrogens with zero attached hydrogens (tertiary/aromatic N) is 2. The maximum Gasteiger partial charge on any atom is 0.434 e. The van der Waals surface area contributed by atoms with Gasteiger partial charge in [0.05, 0.1) is 11.8 Å². The molecule has 2 atom stereocenters. The summed E-state index contributed by atoms with van der Waals surface area (Å²) >= 11 is 0. The number of hydrogen-bond donors (Lipinski definition) is 2. The number of halogens is 3. The molecule has 168 valence electrons. The molecule has 0 bridgehead atoms. The third kappa shape index (κ3) is 5.27. The van der Waals surface area contributed by atoms with Gasteiger partial charge in [0.15, 0.2) is 5.69 Å². The Morgan fingerprint density at radius 1 is 1.12 bits per heavy atom. The lowest BCUT2D eigenvalue weighted by molar-refractivity contribution is -0.141. The number of aromatic nitrogens is 3. The quantitative estimate of drug-likeness (QED) is 0.518. The first-order valence-electron chi connectivity index (χ1n) is 10.4. The molecule has 4 rings (SSSR count). The fraction of sp³-hybridized carbons (Fsp3) is 0.348. The van der Waals surface area contributed by atoms with Crippen molar-refractivity contribution in [2.24, 2.45) is 5.92 Å². The molecule has 0 amide bonds. The van der Waals surface area contributed by atoms with Gasteiger partial charge >= 0.3 is 12.1 Å². The van der Waals surface area contributed by atoms with Crippen molar-refractivity contribution in [2.45, 2.75) is 44.4 Å². The van der Waals surface area contributed by atoms with E-state index in [4.69, 9.17) is 9.84 Å². The first-order valence-corrected chi connectivity index (χ1v) is 10.4. The Balaban J connectivity index is 1.40. The van der Waals surface area contributed by atoms with Crippen LogP contribution < -0.4 is 4.74 Å². The number of H-pyrrole nitrogens is 1. The van der Waals surface area contributed by atoms with Crippen LogP contribution in [0.15, 0.2) is 48.8 Å². The van der Waals surface area contributed by atoms with E-state index in [1.807, 2.05) is 24.3 Å². The molecular weight excluding hydrogens is 423 g/mol. The van der Waals surface area contributed by atoms with Gasteiger partial charge in [0, 0.05) is 29.9 Å². The van der Waals surface area contributed by atoms with Crippen LogP contribution in [0.2, 0.25) is 0 Å². The van der Waals surface area contributed by atoms with Crippen molar-refractivity contribution in [1.82, 2.24) is 15.0 Å². The average Bonchev–Trinajstić information content (AvgIpc) is 3.25. The van der Waals surface area contributed by atoms with E-state index in [0.717, 1.165) is 37.4 Å². The van der Waals surface area contributed by atoms with Crippen LogP contribution in [-0.2, 0) is 11.0 Å². The molecule has 9 heteroatoms. The fourth-order valence-electron chi connectivity index (χ4n) is 4.00. The highest BCUT2D eigenvalue weighted by molar-refractivity contribution is 5.67. The first kappa shape index (κ1) is 21.9. The van der Waals surface area contributed by atoms with Crippen LogP contribution in [0, 0.1) is 5.92 Å². The standard InChI is InChI=1S/C23H22F3N3O3/c24-23(25,26)20-13-28-22(29-20)16-6-9-19(27-12-16)15-4-7-17(8-5-15)32-18-3-1-2-14(10-18)11-21(30)31/h4-9,12-14,18H,1-3,10-11H2,(H,28,29)(H,30,31)/t14-,18+/m1/s1. The average molecular weight is 445 g/mol. The van der Waals surface area contributed by atoms with Gasteiger partial charge in [-0.15, -0.1) is 0 Å². The number of pyridine rings is 1. The van der Waals surface area contributed by atoms with Crippen molar-refractivity contribution < 1.29 is 27.8 Å². The van der Waals surface area contributed by atoms with Gasteiger partial charge in [-0.2, -0.15) is 13.2 Å². The number of benzene rings is 1. The smallest absolute Gasteiger partial charge is 0.434 e. The summed E-state index contributed by atoms with van der Waals surface area (Å²) in [7, 11) is 0. The SMILES string of the molecule is O=C(O)C[C@@H]1CCC[C@H](Oc2ccc(-c3ccc(-c4nc(C(F)(F)F)c[nH]4)cn3)cc2)C1. The van der Waals surface area contributed by atoms with Gasteiger partial charge in [0.2, 0.25) is 0 Å². The van der Waals surface area contributed by atoms with Gasteiger partial charge < -0.3 is 14.8 Å². The van der Waals surface area contributed by atoms with Gasteiger partial charge in [-0.25, -0.2) is 4.98 Å². The molecule has 0 saturated heterocycles. The Labute approximate surface area is 182 Å². The molecule has 1 aliphatic rings. The Morgan fingerprint density at radius 3 is 2.50 bits per heavy atom. The van der Waals surface area contributed by atoms with Crippen molar-refractivity contribution in [2.75, 3.05) is 0 Å². The van der Waals surface area contributed by atoms with Crippen LogP contribution in [0.25, 0.3) is 22.6 Å². The molecule has 0 aliphatic heterocycles. The second-order valence-corrected chi connectivity index (χ2v) is 7.96.